The molecular formula is C9H9N3O2S. The molecule has 0 bridgehead atoms. The van der Waals surface area contributed by atoms with E-state index in [1.165, 1.54) is 11.3 Å². The first-order chi connectivity index (χ1) is 7.22. The maximum absolute atomic E-state index is 11.8. The molecule has 0 aromatic carbocycles. The summed E-state index contributed by atoms with van der Waals surface area (Å²) in [4.78, 5) is 19.8. The Morgan fingerprint density at radius 1 is 1.67 bits per heavy atom. The van der Waals surface area contributed by atoms with Crippen LogP contribution in [-0.4, -0.2) is 15.8 Å². The molecule has 0 saturated heterocycles. The zero-order chi connectivity index (χ0) is 10.8. The fourth-order valence-electron chi connectivity index (χ4n) is 1.19. The van der Waals surface area contributed by atoms with Crippen LogP contribution in [0, 0.1) is 6.92 Å². The molecule has 0 spiro atoms. The molecule has 2 aromatic rings. The number of hydrogen-bond acceptors (Lipinski definition) is 6. The number of carbonyl (C=O) groups excluding carboxylic acids is 1. The molecule has 0 radical (unpaired) electrons. The van der Waals surface area contributed by atoms with Crippen molar-refractivity contribution in [3.05, 3.63) is 33.9 Å². The van der Waals surface area contributed by atoms with Gasteiger partial charge in [0.15, 0.2) is 10.7 Å². The second-order valence-electron chi connectivity index (χ2n) is 2.88. The lowest BCUT2D eigenvalue weighted by Gasteiger charge is -1.90. The van der Waals surface area contributed by atoms with E-state index in [-0.39, 0.29) is 12.3 Å². The summed E-state index contributed by atoms with van der Waals surface area (Å²) in [5.74, 6) is 0.633. The van der Waals surface area contributed by atoms with Crippen LogP contribution in [0.1, 0.15) is 27.1 Å². The Hall–Kier alpha value is -1.53. The van der Waals surface area contributed by atoms with Crippen molar-refractivity contribution >= 4 is 17.1 Å². The minimum Gasteiger partial charge on any atom is -0.444 e. The first-order valence-electron chi connectivity index (χ1n) is 4.33. The minimum absolute atomic E-state index is 0.186. The third-order valence-corrected chi connectivity index (χ3v) is 2.63. The molecule has 0 aliphatic heterocycles. The largest absolute Gasteiger partial charge is 0.444 e. The van der Waals surface area contributed by atoms with Gasteiger partial charge in [0.05, 0.1) is 6.54 Å². The molecule has 0 unspecified atom stereocenters. The average Bonchev–Trinajstić information content (AvgIpc) is 2.85. The number of carbonyl (C=O) groups is 1. The van der Waals surface area contributed by atoms with Crippen LogP contribution in [0.3, 0.4) is 0 Å². The number of nitrogens with two attached hydrogens (primary N) is 1. The Morgan fingerprint density at radius 3 is 3.00 bits per heavy atom. The molecule has 0 aliphatic carbocycles. The molecule has 78 valence electrons. The van der Waals surface area contributed by atoms with Crippen LogP contribution in [0.25, 0.3) is 0 Å². The number of nitrogens with zero attached hydrogens (tertiary/aromatic N) is 2. The van der Waals surface area contributed by atoms with E-state index in [1.54, 1.807) is 18.5 Å². The lowest BCUT2D eigenvalue weighted by atomic mass is 10.2. The molecule has 0 aliphatic rings. The first kappa shape index (κ1) is 10.0. The van der Waals surface area contributed by atoms with Gasteiger partial charge in [-0.3, -0.25) is 4.79 Å². The molecule has 0 amide bonds. The van der Waals surface area contributed by atoms with E-state index in [2.05, 4.69) is 9.97 Å². The highest BCUT2D eigenvalue weighted by molar-refractivity contribution is 7.11. The Morgan fingerprint density at radius 2 is 2.47 bits per heavy atom. The zero-order valence-electron chi connectivity index (χ0n) is 8.06. The number of aromatic nitrogens is 2. The molecule has 2 N–H and O–H groups in total. The molecule has 0 fully saturated rings. The highest BCUT2D eigenvalue weighted by Gasteiger charge is 2.19. The van der Waals surface area contributed by atoms with Gasteiger partial charge < -0.3 is 10.2 Å². The van der Waals surface area contributed by atoms with E-state index in [0.717, 1.165) is 0 Å². The maximum Gasteiger partial charge on any atom is 0.243 e. The van der Waals surface area contributed by atoms with E-state index < -0.39 is 0 Å². The summed E-state index contributed by atoms with van der Waals surface area (Å²) >= 11 is 1.28. The van der Waals surface area contributed by atoms with E-state index in [9.17, 15) is 4.79 Å². The van der Waals surface area contributed by atoms with Crippen molar-refractivity contribution in [3.8, 4) is 0 Å². The summed E-state index contributed by atoms with van der Waals surface area (Å²) in [5.41, 5.74) is 5.67. The van der Waals surface area contributed by atoms with Crippen molar-refractivity contribution in [2.45, 2.75) is 13.5 Å². The van der Waals surface area contributed by atoms with Crippen molar-refractivity contribution < 1.29 is 9.21 Å². The van der Waals surface area contributed by atoms with E-state index in [1.807, 2.05) is 0 Å². The fourth-order valence-corrected chi connectivity index (χ4v) is 1.76. The van der Waals surface area contributed by atoms with Crippen LogP contribution in [-0.2, 0) is 6.54 Å². The summed E-state index contributed by atoms with van der Waals surface area (Å²) in [6.07, 6.45) is 1.58. The molecule has 2 aromatic heterocycles. The van der Waals surface area contributed by atoms with E-state index in [0.29, 0.717) is 22.4 Å². The van der Waals surface area contributed by atoms with Crippen LogP contribution in [0.5, 0.6) is 0 Å². The summed E-state index contributed by atoms with van der Waals surface area (Å²) < 4.78 is 5.20. The molecule has 15 heavy (non-hydrogen) atoms. The molecule has 0 atom stereocenters. The van der Waals surface area contributed by atoms with Gasteiger partial charge in [-0.1, -0.05) is 0 Å². The van der Waals surface area contributed by atoms with Gasteiger partial charge >= 0.3 is 0 Å². The van der Waals surface area contributed by atoms with Crippen molar-refractivity contribution in [3.63, 3.8) is 0 Å². The van der Waals surface area contributed by atoms with Gasteiger partial charge in [0.2, 0.25) is 11.7 Å². The zero-order valence-corrected chi connectivity index (χ0v) is 8.87. The average molecular weight is 223 g/mol. The van der Waals surface area contributed by atoms with Gasteiger partial charge in [-0.25, -0.2) is 9.97 Å². The lowest BCUT2D eigenvalue weighted by molar-refractivity contribution is 0.103. The third kappa shape index (κ3) is 1.81. The molecular weight excluding hydrogens is 214 g/mol. The van der Waals surface area contributed by atoms with Gasteiger partial charge in [0.1, 0.15) is 5.76 Å². The molecule has 0 saturated carbocycles. The van der Waals surface area contributed by atoms with Crippen molar-refractivity contribution in [2.24, 2.45) is 5.73 Å². The van der Waals surface area contributed by atoms with Gasteiger partial charge in [0, 0.05) is 11.6 Å². The number of thiazole rings is 1. The Labute approximate surface area is 90.0 Å². The van der Waals surface area contributed by atoms with Crippen LogP contribution in [0.2, 0.25) is 0 Å². The number of hydrogen-bond donors (Lipinski definition) is 1. The second kappa shape index (κ2) is 3.92. The van der Waals surface area contributed by atoms with E-state index >= 15 is 0 Å². The van der Waals surface area contributed by atoms with Crippen molar-refractivity contribution in [1.82, 2.24) is 9.97 Å². The van der Waals surface area contributed by atoms with Crippen molar-refractivity contribution in [1.29, 1.82) is 0 Å². The summed E-state index contributed by atoms with van der Waals surface area (Å²) in [6, 6.07) is 0. The highest BCUT2D eigenvalue weighted by Crippen LogP contribution is 2.16. The lowest BCUT2D eigenvalue weighted by Crippen LogP contribution is -2.04. The standard InChI is InChI=1S/C9H9N3O2S/c1-5-7(12-6(4-10)14-5)8(13)9-11-2-3-15-9/h2-3H,4,10H2,1H3. The normalized spacial score (nSPS) is 10.5. The summed E-state index contributed by atoms with van der Waals surface area (Å²) in [6.45, 7) is 1.87. The number of rotatable bonds is 3. The maximum atomic E-state index is 11.8. The predicted molar refractivity (Wildman–Crippen MR) is 54.7 cm³/mol. The van der Waals surface area contributed by atoms with Crippen LogP contribution >= 0.6 is 11.3 Å². The Kier molecular flexibility index (Phi) is 2.61. The molecule has 2 rings (SSSR count). The second-order valence-corrected chi connectivity index (χ2v) is 3.78. The van der Waals surface area contributed by atoms with Gasteiger partial charge in [-0.2, -0.15) is 0 Å². The third-order valence-electron chi connectivity index (χ3n) is 1.86. The fraction of sp³-hybridized carbons (Fsp3) is 0.222. The molecule has 6 heteroatoms. The topological polar surface area (TPSA) is 82.0 Å². The molecule has 5 nitrogen and oxygen atoms in total. The molecule has 2 heterocycles. The minimum atomic E-state index is -0.217. The SMILES string of the molecule is Cc1oc(CN)nc1C(=O)c1nccs1. The van der Waals surface area contributed by atoms with Gasteiger partial charge in [-0.05, 0) is 6.92 Å². The van der Waals surface area contributed by atoms with Gasteiger partial charge in [0.25, 0.3) is 0 Å². The van der Waals surface area contributed by atoms with Crippen LogP contribution in [0.4, 0.5) is 0 Å². The first-order valence-corrected chi connectivity index (χ1v) is 5.21. The quantitative estimate of drug-likeness (QED) is 0.789. The van der Waals surface area contributed by atoms with Gasteiger partial charge in [-0.15, -0.1) is 11.3 Å². The number of aryl methyl sites for hydroxylation is 1. The predicted octanol–water partition coefficient (Wildman–Crippen LogP) is 1.13. The number of ketones is 1. The van der Waals surface area contributed by atoms with Crippen LogP contribution in [0.15, 0.2) is 16.0 Å². The highest BCUT2D eigenvalue weighted by atomic mass is 32.1. The number of oxazole rings is 1. The summed E-state index contributed by atoms with van der Waals surface area (Å²) in [5, 5.41) is 2.15. The summed E-state index contributed by atoms with van der Waals surface area (Å²) in [7, 11) is 0. The van der Waals surface area contributed by atoms with Crippen molar-refractivity contribution in [2.75, 3.05) is 0 Å². The monoisotopic (exact) mass is 223 g/mol. The smallest absolute Gasteiger partial charge is 0.243 e. The van der Waals surface area contributed by atoms with Crippen LogP contribution < -0.4 is 5.73 Å². The Balaban J connectivity index is 2.37. The Bertz CT molecular complexity index is 476. The van der Waals surface area contributed by atoms with E-state index in [4.69, 9.17) is 10.2 Å².